The summed E-state index contributed by atoms with van der Waals surface area (Å²) in [5.74, 6) is -1.31. The third kappa shape index (κ3) is 69.1. The predicted molar refractivity (Wildman–Crippen MR) is 236 cm³/mol. The van der Waals surface area contributed by atoms with E-state index in [0.29, 0.717) is 6.61 Å². The third-order valence-electron chi connectivity index (χ3n) is 7.84. The second-order valence-corrected chi connectivity index (χ2v) is 13.3. The topological polar surface area (TPSA) is 103 Å². The number of hydrogen-bond donors (Lipinski definition) is 1. The maximum atomic E-state index is 10.6. The summed E-state index contributed by atoms with van der Waals surface area (Å²) in [6, 6.07) is 5.72. The van der Waals surface area contributed by atoms with Gasteiger partial charge in [-0.05, 0) is 89.2 Å². The van der Waals surface area contributed by atoms with Crippen molar-refractivity contribution in [2.75, 3.05) is 13.2 Å². The van der Waals surface area contributed by atoms with E-state index in [1.807, 2.05) is 18.2 Å². The maximum absolute atomic E-state index is 10.6. The van der Waals surface area contributed by atoms with Crippen LogP contribution in [0.4, 0.5) is 0 Å². The Bertz CT molecular complexity index is 980. The summed E-state index contributed by atoms with van der Waals surface area (Å²) in [5.41, 5.74) is 0. The van der Waals surface area contributed by atoms with Gasteiger partial charge in [0.25, 0.3) is 0 Å². The van der Waals surface area contributed by atoms with Crippen molar-refractivity contribution >= 4 is 17.9 Å². The molecule has 55 heavy (non-hydrogen) atoms. The van der Waals surface area contributed by atoms with Gasteiger partial charge in [0, 0.05) is 39.8 Å². The number of rotatable bonds is 29. The Kier molecular flexibility index (Phi) is 58.4. The number of esters is 3. The fourth-order valence-electron chi connectivity index (χ4n) is 4.91. The number of pyridine rings is 1. The Hall–Kier alpha value is -3.32. The van der Waals surface area contributed by atoms with Gasteiger partial charge in [-0.25, -0.2) is 0 Å². The molecular formula is C48H85NO6. The zero-order valence-corrected chi connectivity index (χ0v) is 35.3. The Morgan fingerprint density at radius 1 is 0.473 bits per heavy atom. The highest BCUT2D eigenvalue weighted by molar-refractivity contribution is 5.82. The molecule has 0 aliphatic heterocycles. The fourth-order valence-corrected chi connectivity index (χ4v) is 4.91. The van der Waals surface area contributed by atoms with Crippen molar-refractivity contribution in [3.8, 4) is 0 Å². The van der Waals surface area contributed by atoms with Gasteiger partial charge in [0.1, 0.15) is 0 Å². The monoisotopic (exact) mass is 772 g/mol. The van der Waals surface area contributed by atoms with E-state index in [4.69, 9.17) is 9.84 Å². The molecule has 0 aliphatic rings. The maximum Gasteiger partial charge on any atom is 0.310 e. The molecule has 0 aliphatic carbocycles. The summed E-state index contributed by atoms with van der Waals surface area (Å²) in [6.45, 7) is 9.10. The van der Waals surface area contributed by atoms with E-state index in [1.54, 1.807) is 12.4 Å². The molecule has 0 saturated carbocycles. The fraction of sp³-hybridized carbons (Fsp3) is 0.667. The number of aliphatic hydroxyl groups is 1. The molecule has 0 fully saturated rings. The highest BCUT2D eigenvalue weighted by Gasteiger charge is 1.94. The van der Waals surface area contributed by atoms with E-state index in [0.717, 1.165) is 19.3 Å². The van der Waals surface area contributed by atoms with Gasteiger partial charge in [0.2, 0.25) is 0 Å². The van der Waals surface area contributed by atoms with Crippen LogP contribution < -0.4 is 0 Å². The van der Waals surface area contributed by atoms with Crippen molar-refractivity contribution in [2.45, 2.75) is 196 Å². The third-order valence-corrected chi connectivity index (χ3v) is 7.84. The van der Waals surface area contributed by atoms with Crippen LogP contribution in [-0.4, -0.2) is 41.2 Å². The highest BCUT2D eigenvalue weighted by Crippen LogP contribution is 2.11. The second-order valence-electron chi connectivity index (χ2n) is 13.3. The van der Waals surface area contributed by atoms with Gasteiger partial charge in [0.15, 0.2) is 0 Å². The van der Waals surface area contributed by atoms with Crippen LogP contribution in [0, 0.1) is 0 Å². The molecular weight excluding hydrogens is 687 g/mol. The number of carbonyl (C=O) groups excluding carboxylic acids is 3. The van der Waals surface area contributed by atoms with E-state index in [9.17, 15) is 14.4 Å². The van der Waals surface area contributed by atoms with Gasteiger partial charge in [-0.2, -0.15) is 0 Å². The van der Waals surface area contributed by atoms with Crippen LogP contribution in [0.2, 0.25) is 0 Å². The molecule has 0 atom stereocenters. The van der Waals surface area contributed by atoms with Gasteiger partial charge in [-0.1, -0.05) is 153 Å². The minimum Gasteiger partial charge on any atom is -0.466 e. The van der Waals surface area contributed by atoms with Crippen molar-refractivity contribution in [2.24, 2.45) is 0 Å². The molecule has 1 N–H and O–H groups in total. The van der Waals surface area contributed by atoms with E-state index >= 15 is 0 Å². The van der Waals surface area contributed by atoms with Crippen molar-refractivity contribution in [3.05, 3.63) is 79.2 Å². The minimum atomic E-state index is -0.562. The summed E-state index contributed by atoms with van der Waals surface area (Å²) in [7, 11) is 0. The quantitative estimate of drug-likeness (QED) is 0.0374. The van der Waals surface area contributed by atoms with E-state index in [-0.39, 0.29) is 20.0 Å². The summed E-state index contributed by atoms with van der Waals surface area (Å²) < 4.78 is 8.84. The Labute approximate surface area is 339 Å². The van der Waals surface area contributed by atoms with E-state index < -0.39 is 11.9 Å². The van der Waals surface area contributed by atoms with Gasteiger partial charge in [-0.3, -0.25) is 19.4 Å². The zero-order chi connectivity index (χ0) is 40.4. The molecule has 1 aromatic heterocycles. The van der Waals surface area contributed by atoms with Crippen LogP contribution in [0.15, 0.2) is 79.2 Å². The number of unbranched alkanes of at least 4 members (excludes halogenated alkanes) is 18. The molecule has 1 heterocycles. The molecule has 1 aromatic rings. The van der Waals surface area contributed by atoms with Crippen LogP contribution in [0.25, 0.3) is 0 Å². The Balaban J connectivity index is -0.000000353. The molecule has 7 heteroatoms. The summed E-state index contributed by atoms with van der Waals surface area (Å²) >= 11 is 0. The van der Waals surface area contributed by atoms with Crippen molar-refractivity contribution in [3.63, 3.8) is 0 Å². The van der Waals surface area contributed by atoms with Gasteiger partial charge in [0.05, 0.1) is 6.61 Å². The van der Waals surface area contributed by atoms with E-state index in [2.05, 4.69) is 72.2 Å². The normalized spacial score (nSPS) is 10.6. The van der Waals surface area contributed by atoms with Crippen LogP contribution in [0.5, 0.6) is 0 Å². The zero-order valence-electron chi connectivity index (χ0n) is 35.3. The molecule has 0 unspecified atom stereocenters. The minimum absolute atomic E-state index is 0. The number of aromatic nitrogens is 1. The molecule has 318 valence electrons. The predicted octanol–water partition coefficient (Wildman–Crippen LogP) is 14.0. The number of allylic oxidation sites excluding steroid dienone is 6. The number of aliphatic hydroxyl groups excluding tert-OH is 1. The Morgan fingerprint density at radius 2 is 0.800 bits per heavy atom. The van der Waals surface area contributed by atoms with Crippen molar-refractivity contribution in [1.29, 1.82) is 0 Å². The smallest absolute Gasteiger partial charge is 0.310 e. The van der Waals surface area contributed by atoms with Crippen molar-refractivity contribution in [1.82, 2.24) is 4.98 Å². The first kappa shape index (κ1) is 58.4. The number of ether oxygens (including phenoxy) is 2. The summed E-state index contributed by atoms with van der Waals surface area (Å²) in [5, 5.41) is 8.61. The Morgan fingerprint density at radius 3 is 1.05 bits per heavy atom. The average Bonchev–Trinajstić information content (AvgIpc) is 3.15. The average molecular weight is 772 g/mol. The molecule has 0 spiro atoms. The number of carbonyl (C=O) groups is 3. The van der Waals surface area contributed by atoms with E-state index in [1.165, 1.54) is 156 Å². The van der Waals surface area contributed by atoms with Gasteiger partial charge >= 0.3 is 17.9 Å². The largest absolute Gasteiger partial charge is 0.466 e. The van der Waals surface area contributed by atoms with Crippen LogP contribution in [0.1, 0.15) is 196 Å². The second kappa shape index (κ2) is 55.0. The lowest BCUT2D eigenvalue weighted by Gasteiger charge is -2.00. The lowest BCUT2D eigenvalue weighted by Crippen LogP contribution is -2.03. The molecule has 1 rings (SSSR count). The van der Waals surface area contributed by atoms with Crippen LogP contribution >= 0.6 is 0 Å². The van der Waals surface area contributed by atoms with Crippen LogP contribution in [-0.2, 0) is 23.9 Å². The standard InChI is InChI=1S/C20H36O2.C18H34O.C5H5N.C4H6O3.CH4/c1-3-4-5-6-7-8-9-10-11-12-13-14-15-16-17-18-19-22-20(2)21;1-2-3-4-5-6-7-8-9-10-11-12-13-14-15-16-17-18-19;1-2-4-6-5-3-1;1-3(5)7-4(2)6;/h6-7,16-17H,3-5,8-15,18-19H2,1-2H3;5-6,15-16,19H,2-4,7-14,17-18H2,1H3;1-5H;1-2H3;1H4/b7-6+,17-16-;6-5+,16-15-;;;. The molecule has 0 bridgehead atoms. The SMILES string of the molecule is C.CC(=O)OC(C)=O.CCCC/C=C/CCCCCCCC/C=C\CCO.CCCC/C=C/CCCCCCCC/C=C\CCOC(C)=O.c1ccncc1. The summed E-state index contributed by atoms with van der Waals surface area (Å²) in [4.78, 5) is 34.0. The number of nitrogens with zero attached hydrogens (tertiary/aromatic N) is 1. The van der Waals surface area contributed by atoms with Gasteiger partial charge in [-0.15, -0.1) is 0 Å². The first-order valence-corrected chi connectivity index (χ1v) is 21.2. The number of hydrogen-bond acceptors (Lipinski definition) is 7. The van der Waals surface area contributed by atoms with Crippen LogP contribution in [0.3, 0.4) is 0 Å². The molecule has 0 aromatic carbocycles. The first-order chi connectivity index (χ1) is 26.3. The molecule has 0 radical (unpaired) electrons. The summed E-state index contributed by atoms with van der Waals surface area (Å²) in [6.07, 6.45) is 52.1. The molecule has 0 saturated heterocycles. The highest BCUT2D eigenvalue weighted by atomic mass is 16.6. The molecule has 0 amide bonds. The lowest BCUT2D eigenvalue weighted by molar-refractivity contribution is -0.156. The first-order valence-electron chi connectivity index (χ1n) is 21.2. The van der Waals surface area contributed by atoms with Gasteiger partial charge < -0.3 is 14.6 Å². The molecule has 7 nitrogen and oxygen atoms in total. The van der Waals surface area contributed by atoms with Crippen molar-refractivity contribution < 1.29 is 29.0 Å². The lowest BCUT2D eigenvalue weighted by atomic mass is 10.1.